The number of carbonyl (C=O) groups is 1. The summed E-state index contributed by atoms with van der Waals surface area (Å²) in [5.41, 5.74) is 10.3. The summed E-state index contributed by atoms with van der Waals surface area (Å²) in [6, 6.07) is 11.1. The summed E-state index contributed by atoms with van der Waals surface area (Å²) in [6.07, 6.45) is 9.65. The minimum Gasteiger partial charge on any atom is -0.382 e. The van der Waals surface area contributed by atoms with E-state index in [1.807, 2.05) is 41.8 Å². The van der Waals surface area contributed by atoms with Crippen LogP contribution in [-0.2, 0) is 6.54 Å². The van der Waals surface area contributed by atoms with Crippen molar-refractivity contribution in [3.8, 4) is 11.3 Å². The molecule has 1 saturated carbocycles. The molecule has 7 rings (SSSR count). The molecule has 10 heteroatoms. The first-order valence-corrected chi connectivity index (χ1v) is 13.0. The van der Waals surface area contributed by atoms with Gasteiger partial charge in [-0.1, -0.05) is 12.1 Å². The molecule has 5 heterocycles. The van der Waals surface area contributed by atoms with E-state index >= 15 is 0 Å². The van der Waals surface area contributed by atoms with Crippen molar-refractivity contribution in [2.24, 2.45) is 0 Å². The van der Waals surface area contributed by atoms with Gasteiger partial charge < -0.3 is 15.6 Å². The number of fused-ring (bicyclic) bond motifs is 2. The number of nitrogen functional groups attached to an aromatic ring is 1. The first-order valence-electron chi connectivity index (χ1n) is 13.0. The number of aromatic nitrogens is 7. The number of hydrogen-bond donors (Lipinski definition) is 2. The Bertz CT molecular complexity index is 1680. The molecule has 1 aliphatic heterocycles. The van der Waals surface area contributed by atoms with Crippen molar-refractivity contribution in [2.75, 3.05) is 11.1 Å². The average molecular weight is 506 g/mol. The fourth-order valence-electron chi connectivity index (χ4n) is 5.39. The number of nitrogens with two attached hydrogens (primary N) is 1. The summed E-state index contributed by atoms with van der Waals surface area (Å²) in [5, 5.41) is 12.0. The zero-order chi connectivity index (χ0) is 25.8. The number of nitrogens with zero attached hydrogens (tertiary/aromatic N) is 7. The van der Waals surface area contributed by atoms with Gasteiger partial charge in [0.1, 0.15) is 40.3 Å². The van der Waals surface area contributed by atoms with Crippen LogP contribution in [0.3, 0.4) is 0 Å². The van der Waals surface area contributed by atoms with Gasteiger partial charge in [0, 0.05) is 42.2 Å². The molecule has 1 aliphatic carbocycles. The topological polar surface area (TPSA) is 129 Å². The minimum atomic E-state index is -0.223. The van der Waals surface area contributed by atoms with Crippen molar-refractivity contribution < 1.29 is 4.79 Å². The quantitative estimate of drug-likeness (QED) is 0.364. The number of pyridine rings is 1. The molecule has 0 unspecified atom stereocenters. The molecule has 10 nitrogen and oxygen atoms in total. The van der Waals surface area contributed by atoms with Gasteiger partial charge in [-0.3, -0.25) is 9.20 Å². The van der Waals surface area contributed by atoms with Crippen LogP contribution in [0.2, 0.25) is 0 Å². The molecule has 1 atom stereocenters. The second-order valence-electron chi connectivity index (χ2n) is 10.1. The second kappa shape index (κ2) is 8.76. The van der Waals surface area contributed by atoms with Crippen LogP contribution in [0.1, 0.15) is 70.9 Å². The number of anilines is 2. The third-order valence-corrected chi connectivity index (χ3v) is 7.44. The van der Waals surface area contributed by atoms with Gasteiger partial charge in [-0.15, -0.1) is 10.2 Å². The van der Waals surface area contributed by atoms with Crippen LogP contribution in [-0.4, -0.2) is 40.0 Å². The SMILES string of the molecule is Cc1ccnc(NC(=O)c2ccc(-c3nc([C@H]4CCCn5c(C6CC6)nnc54)n4ccnc(N)c34)cc2)c1. The van der Waals surface area contributed by atoms with Gasteiger partial charge in [0.05, 0.1) is 5.92 Å². The molecule has 5 aromatic rings. The molecule has 2 aliphatic rings. The molecule has 4 aromatic heterocycles. The smallest absolute Gasteiger partial charge is 0.256 e. The standard InChI is InChI=1S/C28H27N9O/c1-16-10-11-30-21(15-16)32-28(38)19-8-4-17(5-9-19)22-23-24(29)31-12-14-36(23)26(33-22)20-3-2-13-37-25(18-6-7-18)34-35-27(20)37/h4-5,8-12,14-15,18,20H,2-3,6-7,13H2,1H3,(H2,29,31)(H,30,32,38)/t20-/m1/s1. The van der Waals surface area contributed by atoms with Crippen molar-refractivity contribution in [3.05, 3.63) is 83.6 Å². The van der Waals surface area contributed by atoms with Gasteiger partial charge >= 0.3 is 0 Å². The summed E-state index contributed by atoms with van der Waals surface area (Å²) >= 11 is 0. The second-order valence-corrected chi connectivity index (χ2v) is 10.1. The van der Waals surface area contributed by atoms with E-state index in [1.54, 1.807) is 24.5 Å². The average Bonchev–Trinajstić information content (AvgIpc) is 3.55. The summed E-state index contributed by atoms with van der Waals surface area (Å²) in [7, 11) is 0. The van der Waals surface area contributed by atoms with E-state index in [0.29, 0.717) is 23.1 Å². The molecule has 0 radical (unpaired) electrons. The zero-order valence-corrected chi connectivity index (χ0v) is 21.0. The normalized spacial score (nSPS) is 16.9. The summed E-state index contributed by atoms with van der Waals surface area (Å²) in [5.74, 6) is 4.23. The fourth-order valence-corrected chi connectivity index (χ4v) is 5.39. The van der Waals surface area contributed by atoms with Crippen molar-refractivity contribution in [3.63, 3.8) is 0 Å². The monoisotopic (exact) mass is 505 g/mol. The molecule has 1 fully saturated rings. The molecule has 1 amide bonds. The minimum absolute atomic E-state index is 0.0127. The van der Waals surface area contributed by atoms with Crippen LogP contribution in [0.15, 0.2) is 55.0 Å². The molecule has 0 bridgehead atoms. The number of aryl methyl sites for hydroxylation is 1. The number of imidazole rings is 1. The van der Waals surface area contributed by atoms with Gasteiger partial charge in [0.15, 0.2) is 0 Å². The number of amides is 1. The third kappa shape index (κ3) is 3.80. The zero-order valence-electron chi connectivity index (χ0n) is 21.0. The Balaban J connectivity index is 1.25. The highest BCUT2D eigenvalue weighted by molar-refractivity contribution is 6.04. The largest absolute Gasteiger partial charge is 0.382 e. The predicted octanol–water partition coefficient (Wildman–Crippen LogP) is 4.33. The lowest BCUT2D eigenvalue weighted by molar-refractivity contribution is 0.102. The molecule has 0 spiro atoms. The lowest BCUT2D eigenvalue weighted by Crippen LogP contribution is -2.20. The van der Waals surface area contributed by atoms with Gasteiger partial charge in [0.25, 0.3) is 5.91 Å². The van der Waals surface area contributed by atoms with Crippen molar-refractivity contribution in [1.29, 1.82) is 0 Å². The van der Waals surface area contributed by atoms with Gasteiger partial charge in [-0.05, 0) is 62.4 Å². The molecule has 1 aromatic carbocycles. The maximum atomic E-state index is 12.8. The summed E-state index contributed by atoms with van der Waals surface area (Å²) in [6.45, 7) is 2.91. The lowest BCUT2D eigenvalue weighted by Gasteiger charge is -2.23. The Kier molecular flexibility index (Phi) is 5.20. The van der Waals surface area contributed by atoms with Crippen LogP contribution in [0.25, 0.3) is 16.8 Å². The number of carbonyl (C=O) groups excluding carboxylic acids is 1. The van der Waals surface area contributed by atoms with Crippen LogP contribution in [0, 0.1) is 6.92 Å². The molecule has 38 heavy (non-hydrogen) atoms. The summed E-state index contributed by atoms with van der Waals surface area (Å²) < 4.78 is 4.33. The Morgan fingerprint density at radius 3 is 2.61 bits per heavy atom. The van der Waals surface area contributed by atoms with Crippen LogP contribution < -0.4 is 11.1 Å². The van der Waals surface area contributed by atoms with E-state index < -0.39 is 0 Å². The summed E-state index contributed by atoms with van der Waals surface area (Å²) in [4.78, 5) is 26.5. The Morgan fingerprint density at radius 1 is 1.00 bits per heavy atom. The van der Waals surface area contributed by atoms with E-state index in [4.69, 9.17) is 10.7 Å². The third-order valence-electron chi connectivity index (χ3n) is 7.44. The van der Waals surface area contributed by atoms with E-state index in [-0.39, 0.29) is 11.8 Å². The van der Waals surface area contributed by atoms with Crippen molar-refractivity contribution in [2.45, 2.75) is 51.0 Å². The van der Waals surface area contributed by atoms with Crippen LogP contribution in [0.5, 0.6) is 0 Å². The number of rotatable bonds is 5. The molecule has 0 saturated heterocycles. The Labute approximate surface area is 219 Å². The molecule has 3 N–H and O–H groups in total. The molecular weight excluding hydrogens is 478 g/mol. The van der Waals surface area contributed by atoms with Crippen molar-refractivity contribution in [1.82, 2.24) is 34.1 Å². The first kappa shape index (κ1) is 22.6. The van der Waals surface area contributed by atoms with Gasteiger partial charge in [-0.25, -0.2) is 15.0 Å². The first-order chi connectivity index (χ1) is 18.6. The van der Waals surface area contributed by atoms with E-state index in [9.17, 15) is 4.79 Å². The van der Waals surface area contributed by atoms with E-state index in [0.717, 1.165) is 59.2 Å². The Hall–Kier alpha value is -4.60. The number of hydrogen-bond acceptors (Lipinski definition) is 7. The maximum absolute atomic E-state index is 12.8. The predicted molar refractivity (Wildman–Crippen MR) is 143 cm³/mol. The number of nitrogens with one attached hydrogen (secondary N) is 1. The molecule has 190 valence electrons. The van der Waals surface area contributed by atoms with Crippen LogP contribution >= 0.6 is 0 Å². The number of benzene rings is 1. The van der Waals surface area contributed by atoms with Crippen LogP contribution in [0.4, 0.5) is 11.6 Å². The Morgan fingerprint density at radius 2 is 1.82 bits per heavy atom. The van der Waals surface area contributed by atoms with Crippen molar-refractivity contribution >= 4 is 23.1 Å². The highest BCUT2D eigenvalue weighted by Gasteiger charge is 2.36. The molecular formula is C28H27N9O. The fraction of sp³-hybridized carbons (Fsp3) is 0.286. The van der Waals surface area contributed by atoms with Gasteiger partial charge in [-0.2, -0.15) is 0 Å². The highest BCUT2D eigenvalue weighted by Crippen LogP contribution is 2.42. The highest BCUT2D eigenvalue weighted by atomic mass is 16.1. The lowest BCUT2D eigenvalue weighted by atomic mass is 9.98. The maximum Gasteiger partial charge on any atom is 0.256 e. The van der Waals surface area contributed by atoms with E-state index in [2.05, 4.69) is 30.0 Å². The van der Waals surface area contributed by atoms with E-state index in [1.165, 1.54) is 12.8 Å². The van der Waals surface area contributed by atoms with Gasteiger partial charge in [0.2, 0.25) is 0 Å².